The summed E-state index contributed by atoms with van der Waals surface area (Å²) < 4.78 is 19.1. The molecule has 3 rings (SSSR count). The van der Waals surface area contributed by atoms with E-state index in [4.69, 9.17) is 10.5 Å². The summed E-state index contributed by atoms with van der Waals surface area (Å²) in [5.41, 5.74) is 4.54. The van der Waals surface area contributed by atoms with E-state index in [1.807, 2.05) is 0 Å². The van der Waals surface area contributed by atoms with Gasteiger partial charge in [0.1, 0.15) is 11.5 Å². The van der Waals surface area contributed by atoms with Crippen LogP contribution in [0.1, 0.15) is 23.2 Å². The van der Waals surface area contributed by atoms with E-state index in [-0.39, 0.29) is 40.0 Å². The van der Waals surface area contributed by atoms with Crippen LogP contribution in [0.3, 0.4) is 0 Å². The molecule has 1 fully saturated rings. The Bertz CT molecular complexity index is 962. The second kappa shape index (κ2) is 9.52. The molecule has 9 nitrogen and oxygen atoms in total. The Morgan fingerprint density at radius 2 is 2.17 bits per heavy atom. The molecule has 0 aliphatic carbocycles. The highest BCUT2D eigenvalue weighted by Crippen LogP contribution is 2.18. The average molecular weight is 421 g/mol. The van der Waals surface area contributed by atoms with Gasteiger partial charge in [-0.3, -0.25) is 19.4 Å². The van der Waals surface area contributed by atoms with Crippen LogP contribution in [0.15, 0.2) is 34.2 Å². The van der Waals surface area contributed by atoms with Crippen LogP contribution >= 0.6 is 11.8 Å². The number of nitrogens with two attached hydrogens (primary N) is 1. The first-order valence-corrected chi connectivity index (χ1v) is 9.89. The number of benzene rings is 1. The standard InChI is InChI=1S/C18H20FN5O4S/c19-12-6-2-1-5-11(12)16(26)22-14-15(20)23-18(24-17(14)27)29-9-13(25)21-8-10-4-3-7-28-10/h1-2,5-6,10H,3-4,7-9H2,(H,21,25)(H,22,26)(H3,20,23,24,27)/t10-/m0/s1. The number of amides is 2. The van der Waals surface area contributed by atoms with Crippen molar-refractivity contribution in [2.75, 3.05) is 30.0 Å². The van der Waals surface area contributed by atoms with E-state index < -0.39 is 17.3 Å². The van der Waals surface area contributed by atoms with Gasteiger partial charge in [-0.15, -0.1) is 0 Å². The number of hydrogen-bond acceptors (Lipinski definition) is 7. The van der Waals surface area contributed by atoms with Gasteiger partial charge in [0.15, 0.2) is 11.0 Å². The third-order valence-corrected chi connectivity index (χ3v) is 5.05. The first-order valence-electron chi connectivity index (χ1n) is 8.91. The van der Waals surface area contributed by atoms with Crippen LogP contribution in [-0.2, 0) is 9.53 Å². The molecule has 29 heavy (non-hydrogen) atoms. The fraction of sp³-hybridized carbons (Fsp3) is 0.333. The Morgan fingerprint density at radius 3 is 2.86 bits per heavy atom. The van der Waals surface area contributed by atoms with E-state index in [9.17, 15) is 18.8 Å². The maximum Gasteiger partial charge on any atom is 0.277 e. The lowest BCUT2D eigenvalue weighted by molar-refractivity contribution is -0.119. The topological polar surface area (TPSA) is 139 Å². The van der Waals surface area contributed by atoms with Crippen LogP contribution in [0.4, 0.5) is 15.9 Å². The van der Waals surface area contributed by atoms with Gasteiger partial charge < -0.3 is 21.1 Å². The molecule has 1 atom stereocenters. The highest BCUT2D eigenvalue weighted by Gasteiger charge is 2.18. The van der Waals surface area contributed by atoms with Gasteiger partial charge in [0.2, 0.25) is 5.91 Å². The lowest BCUT2D eigenvalue weighted by Crippen LogP contribution is -2.33. The van der Waals surface area contributed by atoms with Crippen molar-refractivity contribution >= 4 is 35.1 Å². The van der Waals surface area contributed by atoms with Crippen molar-refractivity contribution in [1.29, 1.82) is 0 Å². The van der Waals surface area contributed by atoms with Gasteiger partial charge in [0.05, 0.1) is 17.4 Å². The molecule has 11 heteroatoms. The van der Waals surface area contributed by atoms with E-state index in [1.54, 1.807) is 0 Å². The zero-order valence-electron chi connectivity index (χ0n) is 15.4. The van der Waals surface area contributed by atoms with E-state index in [0.29, 0.717) is 13.2 Å². The van der Waals surface area contributed by atoms with Gasteiger partial charge in [0.25, 0.3) is 11.5 Å². The van der Waals surface area contributed by atoms with E-state index >= 15 is 0 Å². The molecular formula is C18H20FN5O4S. The monoisotopic (exact) mass is 421 g/mol. The quantitative estimate of drug-likeness (QED) is 0.388. The maximum absolute atomic E-state index is 13.7. The van der Waals surface area contributed by atoms with Crippen molar-refractivity contribution < 1.29 is 18.7 Å². The number of carbonyl (C=O) groups is 2. The summed E-state index contributed by atoms with van der Waals surface area (Å²) in [6, 6.07) is 5.34. The van der Waals surface area contributed by atoms with E-state index in [0.717, 1.165) is 30.7 Å². The average Bonchev–Trinajstić information content (AvgIpc) is 3.21. The van der Waals surface area contributed by atoms with Crippen LogP contribution in [-0.4, -0.2) is 46.8 Å². The molecule has 2 aromatic rings. The SMILES string of the molecule is Nc1nc(SCC(=O)NC[C@@H]2CCCO2)[nH]c(=O)c1NC(=O)c1ccccc1F. The molecule has 1 aromatic carbocycles. The van der Waals surface area contributed by atoms with Crippen LogP contribution in [0.2, 0.25) is 0 Å². The first kappa shape index (κ1) is 20.8. The largest absolute Gasteiger partial charge is 0.382 e. The number of nitrogens with one attached hydrogen (secondary N) is 3. The molecule has 154 valence electrons. The number of thioether (sulfide) groups is 1. The number of halogens is 1. The van der Waals surface area contributed by atoms with Crippen molar-refractivity contribution in [2.45, 2.75) is 24.1 Å². The number of nitrogen functional groups attached to an aromatic ring is 1. The highest BCUT2D eigenvalue weighted by atomic mass is 32.2. The minimum Gasteiger partial charge on any atom is -0.382 e. The molecule has 0 unspecified atom stereocenters. The van der Waals surface area contributed by atoms with Gasteiger partial charge in [-0.25, -0.2) is 9.37 Å². The maximum atomic E-state index is 13.7. The molecule has 0 spiro atoms. The summed E-state index contributed by atoms with van der Waals surface area (Å²) in [6.45, 7) is 1.14. The summed E-state index contributed by atoms with van der Waals surface area (Å²) in [4.78, 5) is 42.7. The molecule has 1 aliphatic heterocycles. The van der Waals surface area contributed by atoms with Crippen LogP contribution < -0.4 is 21.9 Å². The fourth-order valence-corrected chi connectivity index (χ4v) is 3.40. The Labute approximate surface area is 169 Å². The van der Waals surface area contributed by atoms with Crippen molar-refractivity contribution in [3.05, 3.63) is 46.0 Å². The van der Waals surface area contributed by atoms with Gasteiger partial charge in [0, 0.05) is 13.2 Å². The summed E-state index contributed by atoms with van der Waals surface area (Å²) in [5.74, 6) is -2.00. The zero-order valence-corrected chi connectivity index (χ0v) is 16.2. The third kappa shape index (κ3) is 5.55. The molecule has 1 aliphatic rings. The number of H-pyrrole nitrogens is 1. The smallest absolute Gasteiger partial charge is 0.277 e. The lowest BCUT2D eigenvalue weighted by atomic mass is 10.2. The predicted molar refractivity (Wildman–Crippen MR) is 106 cm³/mol. The number of carbonyl (C=O) groups excluding carboxylic acids is 2. The molecule has 1 saturated heterocycles. The van der Waals surface area contributed by atoms with Crippen LogP contribution in [0, 0.1) is 5.82 Å². The minimum atomic E-state index is -0.823. The summed E-state index contributed by atoms with van der Waals surface area (Å²) in [6.07, 6.45) is 1.94. The molecule has 0 radical (unpaired) electrons. The number of rotatable bonds is 7. The number of anilines is 2. The Morgan fingerprint density at radius 1 is 1.38 bits per heavy atom. The second-order valence-corrected chi connectivity index (χ2v) is 7.26. The van der Waals surface area contributed by atoms with Crippen molar-refractivity contribution in [3.8, 4) is 0 Å². The Balaban J connectivity index is 1.58. The fourth-order valence-electron chi connectivity index (χ4n) is 2.70. The van der Waals surface area contributed by atoms with Crippen LogP contribution in [0.5, 0.6) is 0 Å². The number of hydrogen-bond donors (Lipinski definition) is 4. The highest BCUT2D eigenvalue weighted by molar-refractivity contribution is 7.99. The molecule has 2 amide bonds. The molecule has 0 saturated carbocycles. The molecule has 1 aromatic heterocycles. The molecular weight excluding hydrogens is 401 g/mol. The normalized spacial score (nSPS) is 15.8. The third-order valence-electron chi connectivity index (χ3n) is 4.17. The minimum absolute atomic E-state index is 0.0238. The number of ether oxygens (including phenoxy) is 1. The van der Waals surface area contributed by atoms with Crippen molar-refractivity contribution in [1.82, 2.24) is 15.3 Å². The van der Waals surface area contributed by atoms with E-state index in [2.05, 4.69) is 20.6 Å². The number of aromatic nitrogens is 2. The van der Waals surface area contributed by atoms with Crippen molar-refractivity contribution in [3.63, 3.8) is 0 Å². The lowest BCUT2D eigenvalue weighted by Gasteiger charge is -2.11. The summed E-state index contributed by atoms with van der Waals surface area (Å²) in [5, 5.41) is 5.15. The second-order valence-electron chi connectivity index (χ2n) is 6.29. The molecule has 0 bridgehead atoms. The van der Waals surface area contributed by atoms with Gasteiger partial charge in [-0.1, -0.05) is 23.9 Å². The molecule has 5 N–H and O–H groups in total. The van der Waals surface area contributed by atoms with Gasteiger partial charge in [-0.05, 0) is 25.0 Å². The Hall–Kier alpha value is -2.92. The first-order chi connectivity index (χ1) is 13.9. The predicted octanol–water partition coefficient (Wildman–Crippen LogP) is 1.13. The number of aromatic amines is 1. The van der Waals surface area contributed by atoms with Gasteiger partial charge in [-0.2, -0.15) is 0 Å². The molecule has 2 heterocycles. The van der Waals surface area contributed by atoms with Gasteiger partial charge >= 0.3 is 0 Å². The van der Waals surface area contributed by atoms with Crippen LogP contribution in [0.25, 0.3) is 0 Å². The van der Waals surface area contributed by atoms with Crippen molar-refractivity contribution in [2.24, 2.45) is 0 Å². The summed E-state index contributed by atoms with van der Waals surface area (Å²) in [7, 11) is 0. The van der Waals surface area contributed by atoms with E-state index in [1.165, 1.54) is 18.2 Å². The summed E-state index contributed by atoms with van der Waals surface area (Å²) >= 11 is 0.994. The Kier molecular flexibility index (Phi) is 6.83. The number of nitrogens with zero attached hydrogens (tertiary/aromatic N) is 1. The zero-order chi connectivity index (χ0) is 20.8.